The van der Waals surface area contributed by atoms with Gasteiger partial charge in [0, 0.05) is 38.1 Å². The molecule has 0 atom stereocenters. The van der Waals surface area contributed by atoms with Crippen LogP contribution in [0.3, 0.4) is 0 Å². The zero-order valence-electron chi connectivity index (χ0n) is 14.7. The summed E-state index contributed by atoms with van der Waals surface area (Å²) in [5.41, 5.74) is 10.3. The van der Waals surface area contributed by atoms with E-state index in [0.717, 1.165) is 16.6 Å². The first-order valence-electron chi connectivity index (χ1n) is 8.46. The molecular formula is C19H19N5O2. The first kappa shape index (κ1) is 16.3. The van der Waals surface area contributed by atoms with Crippen molar-refractivity contribution in [3.8, 4) is 0 Å². The van der Waals surface area contributed by atoms with Crippen molar-refractivity contribution >= 4 is 28.5 Å². The summed E-state index contributed by atoms with van der Waals surface area (Å²) in [4.78, 5) is 35.4. The van der Waals surface area contributed by atoms with Gasteiger partial charge in [-0.15, -0.1) is 0 Å². The Kier molecular flexibility index (Phi) is 3.72. The lowest BCUT2D eigenvalue weighted by Gasteiger charge is -2.28. The molecule has 1 amide bonds. The summed E-state index contributed by atoms with van der Waals surface area (Å²) < 4.78 is 1.60. The second kappa shape index (κ2) is 5.94. The number of nitrogens with zero attached hydrogens (tertiary/aromatic N) is 4. The summed E-state index contributed by atoms with van der Waals surface area (Å²) in [6.45, 7) is 4.44. The van der Waals surface area contributed by atoms with E-state index < -0.39 is 0 Å². The third kappa shape index (κ3) is 2.52. The fourth-order valence-electron chi connectivity index (χ4n) is 3.54. The summed E-state index contributed by atoms with van der Waals surface area (Å²) in [7, 11) is 0. The number of imidazole rings is 1. The van der Waals surface area contributed by atoms with Crippen molar-refractivity contribution in [3.05, 3.63) is 53.1 Å². The lowest BCUT2D eigenvalue weighted by molar-refractivity contribution is -0.129. The number of hydrogen-bond acceptors (Lipinski definition) is 5. The van der Waals surface area contributed by atoms with Gasteiger partial charge in [0.25, 0.3) is 5.91 Å². The minimum absolute atomic E-state index is 0.0291. The van der Waals surface area contributed by atoms with Crippen molar-refractivity contribution in [1.29, 1.82) is 0 Å². The SMILES string of the molecule is CC(=O)N1CCc2c(cncc2C(=O)n2c(C)nc3cc(N)ccc32)C1. The van der Waals surface area contributed by atoms with E-state index in [1.54, 1.807) is 47.8 Å². The van der Waals surface area contributed by atoms with Crippen LogP contribution in [0, 0.1) is 6.92 Å². The molecule has 0 radical (unpaired) electrons. The predicted molar refractivity (Wildman–Crippen MR) is 97.6 cm³/mol. The van der Waals surface area contributed by atoms with Gasteiger partial charge in [0.15, 0.2) is 0 Å². The quantitative estimate of drug-likeness (QED) is 0.677. The Labute approximate surface area is 150 Å². The van der Waals surface area contributed by atoms with Crippen molar-refractivity contribution in [2.24, 2.45) is 0 Å². The van der Waals surface area contributed by atoms with Crippen molar-refractivity contribution in [3.63, 3.8) is 0 Å². The van der Waals surface area contributed by atoms with Crippen molar-refractivity contribution in [2.45, 2.75) is 26.8 Å². The molecule has 0 spiro atoms. The fourth-order valence-corrected chi connectivity index (χ4v) is 3.54. The third-order valence-electron chi connectivity index (χ3n) is 4.86. The highest BCUT2D eigenvalue weighted by atomic mass is 16.2. The fraction of sp³-hybridized carbons (Fsp3) is 0.263. The molecule has 0 saturated heterocycles. The molecule has 3 heterocycles. The number of rotatable bonds is 1. The number of benzene rings is 1. The molecule has 132 valence electrons. The number of nitrogens with two attached hydrogens (primary N) is 1. The van der Waals surface area contributed by atoms with Crippen LogP contribution >= 0.6 is 0 Å². The van der Waals surface area contributed by atoms with E-state index in [2.05, 4.69) is 9.97 Å². The monoisotopic (exact) mass is 349 g/mol. The molecule has 7 nitrogen and oxygen atoms in total. The molecule has 0 saturated carbocycles. The molecule has 1 aliphatic heterocycles. The van der Waals surface area contributed by atoms with E-state index in [-0.39, 0.29) is 11.8 Å². The second-order valence-corrected chi connectivity index (χ2v) is 6.56. The Morgan fingerprint density at radius 3 is 2.81 bits per heavy atom. The van der Waals surface area contributed by atoms with Crippen molar-refractivity contribution in [2.75, 3.05) is 12.3 Å². The topological polar surface area (TPSA) is 94.1 Å². The van der Waals surface area contributed by atoms with Crippen molar-refractivity contribution < 1.29 is 9.59 Å². The average molecular weight is 349 g/mol. The van der Waals surface area contributed by atoms with Gasteiger partial charge in [0.05, 0.1) is 16.6 Å². The number of carbonyl (C=O) groups excluding carboxylic acids is 2. The molecule has 1 aliphatic rings. The number of pyridine rings is 1. The number of aryl methyl sites for hydroxylation is 1. The molecule has 0 unspecified atom stereocenters. The Bertz CT molecular complexity index is 1050. The van der Waals surface area contributed by atoms with Crippen LogP contribution in [-0.2, 0) is 17.8 Å². The van der Waals surface area contributed by atoms with Crippen LogP contribution in [-0.4, -0.2) is 37.8 Å². The Morgan fingerprint density at radius 1 is 1.23 bits per heavy atom. The molecule has 0 aliphatic carbocycles. The minimum Gasteiger partial charge on any atom is -0.399 e. The summed E-state index contributed by atoms with van der Waals surface area (Å²) in [6.07, 6.45) is 3.98. The molecular weight excluding hydrogens is 330 g/mol. The molecule has 2 aromatic heterocycles. The minimum atomic E-state index is -0.157. The number of hydrogen-bond donors (Lipinski definition) is 1. The molecule has 3 aromatic rings. The molecule has 1 aromatic carbocycles. The Hall–Kier alpha value is -3.22. The molecule has 0 fully saturated rings. The van der Waals surface area contributed by atoms with E-state index >= 15 is 0 Å². The van der Waals surface area contributed by atoms with Crippen LogP contribution in [0.4, 0.5) is 5.69 Å². The number of nitrogen functional groups attached to an aromatic ring is 1. The molecule has 7 heteroatoms. The first-order valence-corrected chi connectivity index (χ1v) is 8.46. The van der Waals surface area contributed by atoms with Crippen LogP contribution in [0.25, 0.3) is 11.0 Å². The van der Waals surface area contributed by atoms with Crippen LogP contribution in [0.2, 0.25) is 0 Å². The van der Waals surface area contributed by atoms with Gasteiger partial charge in [-0.1, -0.05) is 0 Å². The highest BCUT2D eigenvalue weighted by Crippen LogP contribution is 2.25. The second-order valence-electron chi connectivity index (χ2n) is 6.56. The normalized spacial score (nSPS) is 13.7. The summed E-state index contributed by atoms with van der Waals surface area (Å²) in [5, 5.41) is 0. The van der Waals surface area contributed by atoms with E-state index in [1.165, 1.54) is 0 Å². The number of fused-ring (bicyclic) bond motifs is 2. The van der Waals surface area contributed by atoms with Crippen LogP contribution in [0.5, 0.6) is 0 Å². The zero-order valence-corrected chi connectivity index (χ0v) is 14.7. The van der Waals surface area contributed by atoms with Crippen LogP contribution in [0.15, 0.2) is 30.6 Å². The predicted octanol–water partition coefficient (Wildman–Crippen LogP) is 1.92. The van der Waals surface area contributed by atoms with E-state index in [1.807, 2.05) is 6.07 Å². The Balaban J connectivity index is 1.80. The van der Waals surface area contributed by atoms with Gasteiger partial charge in [0.1, 0.15) is 5.82 Å². The van der Waals surface area contributed by atoms with Gasteiger partial charge in [-0.05, 0) is 42.7 Å². The maximum absolute atomic E-state index is 13.3. The lowest BCUT2D eigenvalue weighted by atomic mass is 9.96. The van der Waals surface area contributed by atoms with Gasteiger partial charge in [0.2, 0.25) is 5.91 Å². The highest BCUT2D eigenvalue weighted by Gasteiger charge is 2.25. The van der Waals surface area contributed by atoms with Gasteiger partial charge in [-0.25, -0.2) is 4.98 Å². The smallest absolute Gasteiger partial charge is 0.265 e. The number of carbonyl (C=O) groups is 2. The maximum atomic E-state index is 13.3. The molecule has 26 heavy (non-hydrogen) atoms. The van der Waals surface area contributed by atoms with E-state index in [0.29, 0.717) is 42.1 Å². The van der Waals surface area contributed by atoms with Gasteiger partial charge >= 0.3 is 0 Å². The average Bonchev–Trinajstić information content (AvgIpc) is 2.94. The van der Waals surface area contributed by atoms with Crippen LogP contribution in [0.1, 0.15) is 34.2 Å². The largest absolute Gasteiger partial charge is 0.399 e. The lowest BCUT2D eigenvalue weighted by Crippen LogP contribution is -2.35. The van der Waals surface area contributed by atoms with Gasteiger partial charge in [-0.3, -0.25) is 19.1 Å². The first-order chi connectivity index (χ1) is 12.5. The Morgan fingerprint density at radius 2 is 2.04 bits per heavy atom. The summed E-state index contributed by atoms with van der Waals surface area (Å²) >= 11 is 0. The molecule has 2 N–H and O–H groups in total. The summed E-state index contributed by atoms with van der Waals surface area (Å²) in [5.74, 6) is 0.478. The third-order valence-corrected chi connectivity index (χ3v) is 4.86. The summed E-state index contributed by atoms with van der Waals surface area (Å²) in [6, 6.07) is 5.33. The maximum Gasteiger partial charge on any atom is 0.265 e. The highest BCUT2D eigenvalue weighted by molar-refractivity contribution is 6.03. The van der Waals surface area contributed by atoms with E-state index in [4.69, 9.17) is 5.73 Å². The van der Waals surface area contributed by atoms with Crippen LogP contribution < -0.4 is 5.73 Å². The van der Waals surface area contributed by atoms with Crippen molar-refractivity contribution in [1.82, 2.24) is 19.4 Å². The van der Waals surface area contributed by atoms with Gasteiger partial charge in [-0.2, -0.15) is 0 Å². The number of anilines is 1. The molecule has 0 bridgehead atoms. The standard InChI is InChI=1S/C19H19N5O2/c1-11-22-17-7-14(20)3-4-18(17)24(11)19(26)16-9-21-8-13-10-23(12(2)25)6-5-15(13)16/h3-4,7-9H,5-6,10,20H2,1-2H3. The van der Waals surface area contributed by atoms with E-state index in [9.17, 15) is 9.59 Å². The van der Waals surface area contributed by atoms with Gasteiger partial charge < -0.3 is 10.6 Å². The molecule has 4 rings (SSSR count). The zero-order chi connectivity index (χ0) is 18.4. The number of amides is 1. The number of aromatic nitrogens is 3.